The van der Waals surface area contributed by atoms with Crippen molar-refractivity contribution in [1.82, 2.24) is 0 Å². The summed E-state index contributed by atoms with van der Waals surface area (Å²) in [6, 6.07) is 1.98. The molecule has 0 amide bonds. The van der Waals surface area contributed by atoms with Crippen molar-refractivity contribution in [2.45, 2.75) is 6.92 Å². The molecule has 3 nitrogen and oxygen atoms in total. The summed E-state index contributed by atoms with van der Waals surface area (Å²) in [4.78, 5) is 21.1. The molecule has 1 aromatic rings. The maximum Gasteiger partial charge on any atom is 0.377 e. The van der Waals surface area contributed by atoms with E-state index >= 15 is 0 Å². The van der Waals surface area contributed by atoms with Crippen molar-refractivity contribution in [2.24, 2.45) is 0 Å². The van der Waals surface area contributed by atoms with Crippen LogP contribution in [-0.2, 0) is 4.79 Å². The normalized spacial score (nSPS) is 9.93. The molecule has 0 bridgehead atoms. The van der Waals surface area contributed by atoms with Gasteiger partial charge in [0.15, 0.2) is 0 Å². The van der Waals surface area contributed by atoms with Gasteiger partial charge in [-0.15, -0.1) is 0 Å². The summed E-state index contributed by atoms with van der Waals surface area (Å²) >= 11 is 0. The van der Waals surface area contributed by atoms with E-state index in [1.807, 2.05) is 0 Å². The number of Topliss-reactive ketones (excluding diaryl/α,β-unsaturated/α-hetero) is 1. The number of carbonyl (C=O) groups excluding carboxylic acids is 1. The fourth-order valence-corrected chi connectivity index (χ4v) is 0.972. The fraction of sp³-hybridized carbons (Fsp3) is 0.111. The highest BCUT2D eigenvalue weighted by molar-refractivity contribution is 6.40. The number of rotatable bonds is 2. The zero-order chi connectivity index (χ0) is 10.9. The number of hydrogen-bond acceptors (Lipinski definition) is 2. The Hall–Kier alpha value is -1.78. The van der Waals surface area contributed by atoms with Crippen LogP contribution < -0.4 is 0 Å². The van der Waals surface area contributed by atoms with Crippen LogP contribution in [0.5, 0.6) is 0 Å². The van der Waals surface area contributed by atoms with E-state index in [4.69, 9.17) is 5.11 Å². The molecule has 0 saturated heterocycles. The van der Waals surface area contributed by atoms with E-state index in [1.165, 1.54) is 6.92 Å². The molecule has 0 aliphatic rings. The lowest BCUT2D eigenvalue weighted by molar-refractivity contribution is -0.131. The zero-order valence-electron chi connectivity index (χ0n) is 7.17. The van der Waals surface area contributed by atoms with Crippen LogP contribution in [0.25, 0.3) is 0 Å². The van der Waals surface area contributed by atoms with E-state index in [1.54, 1.807) is 0 Å². The van der Waals surface area contributed by atoms with Crippen molar-refractivity contribution in [3.63, 3.8) is 0 Å². The third-order valence-corrected chi connectivity index (χ3v) is 1.71. The number of carboxylic acid groups (broad SMARTS) is 1. The molecule has 74 valence electrons. The number of aryl methyl sites for hydroxylation is 1. The zero-order valence-corrected chi connectivity index (χ0v) is 7.17. The van der Waals surface area contributed by atoms with Crippen LogP contribution >= 0.6 is 0 Å². The Morgan fingerprint density at radius 3 is 2.36 bits per heavy atom. The molecule has 14 heavy (non-hydrogen) atoms. The minimum Gasteiger partial charge on any atom is -0.475 e. The second kappa shape index (κ2) is 3.53. The van der Waals surface area contributed by atoms with Crippen molar-refractivity contribution in [3.8, 4) is 0 Å². The van der Waals surface area contributed by atoms with Crippen molar-refractivity contribution in [2.75, 3.05) is 0 Å². The van der Waals surface area contributed by atoms with E-state index in [0.717, 1.165) is 12.1 Å². The van der Waals surface area contributed by atoms with Crippen LogP contribution in [0.15, 0.2) is 12.1 Å². The highest BCUT2D eigenvalue weighted by atomic mass is 19.1. The third kappa shape index (κ3) is 1.61. The highest BCUT2D eigenvalue weighted by Crippen LogP contribution is 2.16. The van der Waals surface area contributed by atoms with Gasteiger partial charge in [0.25, 0.3) is 5.78 Å². The molecule has 1 aromatic carbocycles. The summed E-state index contributed by atoms with van der Waals surface area (Å²) in [5.41, 5.74) is -0.992. The van der Waals surface area contributed by atoms with Crippen LogP contribution in [0.4, 0.5) is 8.78 Å². The van der Waals surface area contributed by atoms with Gasteiger partial charge in [0, 0.05) is 0 Å². The number of ketones is 1. The summed E-state index contributed by atoms with van der Waals surface area (Å²) in [7, 11) is 0. The molecule has 0 spiro atoms. The van der Waals surface area contributed by atoms with Gasteiger partial charge in [-0.05, 0) is 18.6 Å². The first kappa shape index (κ1) is 10.3. The Morgan fingerprint density at radius 1 is 1.29 bits per heavy atom. The molecule has 0 saturated carbocycles. The van der Waals surface area contributed by atoms with Gasteiger partial charge >= 0.3 is 5.97 Å². The van der Waals surface area contributed by atoms with Gasteiger partial charge in [-0.1, -0.05) is 6.07 Å². The summed E-state index contributed by atoms with van der Waals surface area (Å²) in [5, 5.41) is 8.29. The molecule has 1 rings (SSSR count). The van der Waals surface area contributed by atoms with Crippen LogP contribution in [0.2, 0.25) is 0 Å². The summed E-state index contributed by atoms with van der Waals surface area (Å²) in [5.74, 6) is -5.75. The SMILES string of the molecule is Cc1ccc(F)c(C(=O)C(=O)O)c1F. The predicted octanol–water partition coefficient (Wildman–Crippen LogP) is 1.54. The molecule has 0 heterocycles. The lowest BCUT2D eigenvalue weighted by atomic mass is 10.1. The van der Waals surface area contributed by atoms with E-state index in [-0.39, 0.29) is 5.56 Å². The quantitative estimate of drug-likeness (QED) is 0.582. The maximum atomic E-state index is 13.1. The highest BCUT2D eigenvalue weighted by Gasteiger charge is 2.24. The molecule has 0 atom stereocenters. The number of aliphatic carboxylic acids is 1. The van der Waals surface area contributed by atoms with Crippen molar-refractivity contribution in [1.29, 1.82) is 0 Å². The molecule has 0 aliphatic carbocycles. The fourth-order valence-electron chi connectivity index (χ4n) is 0.972. The van der Waals surface area contributed by atoms with Crippen LogP contribution in [0.1, 0.15) is 15.9 Å². The molecule has 0 fully saturated rings. The molecule has 0 radical (unpaired) electrons. The van der Waals surface area contributed by atoms with Gasteiger partial charge in [-0.2, -0.15) is 0 Å². The predicted molar refractivity (Wildman–Crippen MR) is 43.1 cm³/mol. The average Bonchev–Trinajstić information content (AvgIpc) is 2.12. The molecule has 5 heteroatoms. The van der Waals surface area contributed by atoms with Crippen molar-refractivity contribution in [3.05, 3.63) is 34.9 Å². The molecule has 0 unspecified atom stereocenters. The van der Waals surface area contributed by atoms with Gasteiger partial charge in [0.05, 0.1) is 0 Å². The lowest BCUT2D eigenvalue weighted by Gasteiger charge is -2.02. The van der Waals surface area contributed by atoms with E-state index in [9.17, 15) is 18.4 Å². The van der Waals surface area contributed by atoms with E-state index < -0.39 is 29.0 Å². The first-order chi connectivity index (χ1) is 6.45. The topological polar surface area (TPSA) is 54.4 Å². The minimum absolute atomic E-state index is 0.0241. The summed E-state index contributed by atoms with van der Waals surface area (Å²) in [6.07, 6.45) is 0. The largest absolute Gasteiger partial charge is 0.475 e. The number of halogens is 2. The monoisotopic (exact) mass is 200 g/mol. The minimum atomic E-state index is -1.88. The third-order valence-electron chi connectivity index (χ3n) is 1.71. The first-order valence-corrected chi connectivity index (χ1v) is 3.67. The summed E-state index contributed by atoms with van der Waals surface area (Å²) in [6.45, 7) is 1.31. The summed E-state index contributed by atoms with van der Waals surface area (Å²) < 4.78 is 26.1. The second-order valence-electron chi connectivity index (χ2n) is 2.69. The lowest BCUT2D eigenvalue weighted by Crippen LogP contribution is -2.17. The first-order valence-electron chi connectivity index (χ1n) is 3.67. The van der Waals surface area contributed by atoms with E-state index in [0.29, 0.717) is 0 Å². The van der Waals surface area contributed by atoms with Gasteiger partial charge in [-0.25, -0.2) is 13.6 Å². The Labute approximate surface area is 78.0 Å². The Kier molecular flexibility index (Phi) is 2.60. The van der Waals surface area contributed by atoms with Gasteiger partial charge in [-0.3, -0.25) is 4.79 Å². The number of hydrogen-bond donors (Lipinski definition) is 1. The van der Waals surface area contributed by atoms with Gasteiger partial charge in [0.1, 0.15) is 17.2 Å². The van der Waals surface area contributed by atoms with E-state index in [2.05, 4.69) is 0 Å². The van der Waals surface area contributed by atoms with Crippen LogP contribution in [0.3, 0.4) is 0 Å². The standard InChI is InChI=1S/C9H6F2O3/c1-4-2-3-5(10)6(7(4)11)8(12)9(13)14/h2-3H,1H3,(H,13,14). The molecular formula is C9H6F2O3. The maximum absolute atomic E-state index is 13.1. The van der Waals surface area contributed by atoms with Crippen molar-refractivity contribution < 1.29 is 23.5 Å². The smallest absolute Gasteiger partial charge is 0.377 e. The number of carboxylic acids is 1. The molecular weight excluding hydrogens is 194 g/mol. The van der Waals surface area contributed by atoms with Gasteiger partial charge < -0.3 is 5.11 Å². The van der Waals surface area contributed by atoms with Crippen LogP contribution in [0, 0.1) is 18.6 Å². The molecule has 1 N–H and O–H groups in total. The Balaban J connectivity index is 3.40. The second-order valence-corrected chi connectivity index (χ2v) is 2.69. The molecule has 0 aliphatic heterocycles. The van der Waals surface area contributed by atoms with Gasteiger partial charge in [0.2, 0.25) is 0 Å². The number of benzene rings is 1. The number of carbonyl (C=O) groups is 2. The Morgan fingerprint density at radius 2 is 1.86 bits per heavy atom. The average molecular weight is 200 g/mol. The molecule has 0 aromatic heterocycles. The Bertz CT molecular complexity index is 413. The van der Waals surface area contributed by atoms with Crippen molar-refractivity contribution >= 4 is 11.8 Å². The van der Waals surface area contributed by atoms with Crippen LogP contribution in [-0.4, -0.2) is 16.9 Å².